The Morgan fingerprint density at radius 3 is 3.16 bits per heavy atom. The van der Waals surface area contributed by atoms with Crippen LogP contribution in [0, 0.1) is 0 Å². The number of nitrogens with one attached hydrogen (secondary N) is 1. The van der Waals surface area contributed by atoms with E-state index in [-0.39, 0.29) is 12.0 Å². The predicted octanol–water partition coefficient (Wildman–Crippen LogP) is 1.28. The van der Waals surface area contributed by atoms with Crippen LogP contribution in [0.1, 0.15) is 18.4 Å². The van der Waals surface area contributed by atoms with Gasteiger partial charge in [0.05, 0.1) is 25.7 Å². The van der Waals surface area contributed by atoms with Crippen molar-refractivity contribution in [1.29, 1.82) is 0 Å². The lowest BCUT2D eigenvalue weighted by atomic mass is 10.2. The molecule has 104 valence electrons. The Balaban J connectivity index is 1.70. The third kappa shape index (κ3) is 4.63. The van der Waals surface area contributed by atoms with Crippen molar-refractivity contribution < 1.29 is 14.3 Å². The van der Waals surface area contributed by atoms with Gasteiger partial charge in [-0.15, -0.1) is 0 Å². The summed E-state index contributed by atoms with van der Waals surface area (Å²) >= 11 is 0. The van der Waals surface area contributed by atoms with Crippen LogP contribution in [-0.4, -0.2) is 31.8 Å². The normalized spacial score (nSPS) is 18.5. The van der Waals surface area contributed by atoms with Gasteiger partial charge in [0.15, 0.2) is 0 Å². The number of anilines is 1. The Morgan fingerprint density at radius 1 is 1.53 bits per heavy atom. The molecule has 0 aromatic heterocycles. The van der Waals surface area contributed by atoms with Crippen LogP contribution in [0.2, 0.25) is 0 Å². The maximum atomic E-state index is 11.7. The van der Waals surface area contributed by atoms with Crippen molar-refractivity contribution in [1.82, 2.24) is 0 Å². The number of nitrogens with two attached hydrogens (primary N) is 1. The third-order valence-corrected chi connectivity index (χ3v) is 3.02. The number of ether oxygens (including phenoxy) is 2. The molecule has 0 radical (unpaired) electrons. The van der Waals surface area contributed by atoms with E-state index in [0.717, 1.165) is 24.3 Å². The summed E-state index contributed by atoms with van der Waals surface area (Å²) in [6.07, 6.45) is 1.41. The van der Waals surface area contributed by atoms with E-state index in [1.807, 2.05) is 24.3 Å². The molecular weight excluding hydrogens is 244 g/mol. The standard InChI is InChI=1S/C14H20N2O3/c15-9-11-2-1-3-12(8-11)16-14(17)5-7-19-13-4-6-18-10-13/h1-3,8,13H,4-7,9-10,15H2,(H,16,17). The van der Waals surface area contributed by atoms with Crippen molar-refractivity contribution in [2.75, 3.05) is 25.1 Å². The second-order valence-electron chi connectivity index (χ2n) is 4.56. The van der Waals surface area contributed by atoms with Crippen molar-refractivity contribution in [3.05, 3.63) is 29.8 Å². The van der Waals surface area contributed by atoms with Gasteiger partial charge < -0.3 is 20.5 Å². The van der Waals surface area contributed by atoms with Gasteiger partial charge in [-0.05, 0) is 24.1 Å². The molecule has 1 fully saturated rings. The van der Waals surface area contributed by atoms with Crippen LogP contribution in [0.3, 0.4) is 0 Å². The number of rotatable bonds is 6. The van der Waals surface area contributed by atoms with Gasteiger partial charge >= 0.3 is 0 Å². The first kappa shape index (κ1) is 14.0. The minimum Gasteiger partial charge on any atom is -0.379 e. The Labute approximate surface area is 113 Å². The van der Waals surface area contributed by atoms with Crippen LogP contribution in [0.15, 0.2) is 24.3 Å². The van der Waals surface area contributed by atoms with Gasteiger partial charge in [-0.2, -0.15) is 0 Å². The largest absolute Gasteiger partial charge is 0.379 e. The topological polar surface area (TPSA) is 73.6 Å². The predicted molar refractivity (Wildman–Crippen MR) is 72.8 cm³/mol. The average Bonchev–Trinajstić information content (AvgIpc) is 2.92. The number of carbonyl (C=O) groups is 1. The Bertz CT molecular complexity index is 417. The molecular formula is C14H20N2O3. The second-order valence-corrected chi connectivity index (χ2v) is 4.56. The summed E-state index contributed by atoms with van der Waals surface area (Å²) in [5.41, 5.74) is 7.33. The Morgan fingerprint density at radius 2 is 2.42 bits per heavy atom. The molecule has 1 aliphatic heterocycles. The fourth-order valence-electron chi connectivity index (χ4n) is 1.96. The molecule has 1 aliphatic rings. The average molecular weight is 264 g/mol. The molecule has 1 amide bonds. The van der Waals surface area contributed by atoms with Gasteiger partial charge in [0, 0.05) is 18.8 Å². The zero-order chi connectivity index (χ0) is 13.5. The molecule has 2 rings (SSSR count). The molecule has 19 heavy (non-hydrogen) atoms. The molecule has 1 saturated heterocycles. The minimum atomic E-state index is -0.0481. The summed E-state index contributed by atoms with van der Waals surface area (Å²) in [6, 6.07) is 7.54. The quantitative estimate of drug-likeness (QED) is 0.811. The smallest absolute Gasteiger partial charge is 0.226 e. The highest BCUT2D eigenvalue weighted by Gasteiger charge is 2.16. The summed E-state index contributed by atoms with van der Waals surface area (Å²) in [4.78, 5) is 11.7. The first-order valence-electron chi connectivity index (χ1n) is 6.56. The molecule has 0 aliphatic carbocycles. The number of hydrogen-bond acceptors (Lipinski definition) is 4. The lowest BCUT2D eigenvalue weighted by Crippen LogP contribution is -2.18. The molecule has 0 saturated carbocycles. The molecule has 1 atom stereocenters. The van der Waals surface area contributed by atoms with Crippen molar-refractivity contribution in [2.45, 2.75) is 25.5 Å². The van der Waals surface area contributed by atoms with Gasteiger partial charge in [0.1, 0.15) is 0 Å². The van der Waals surface area contributed by atoms with Gasteiger partial charge in [0.25, 0.3) is 0 Å². The summed E-state index contributed by atoms with van der Waals surface area (Å²) in [6.45, 7) is 2.29. The van der Waals surface area contributed by atoms with E-state index in [9.17, 15) is 4.79 Å². The van der Waals surface area contributed by atoms with Crippen molar-refractivity contribution in [3.63, 3.8) is 0 Å². The van der Waals surface area contributed by atoms with E-state index in [1.165, 1.54) is 0 Å². The number of amides is 1. The lowest BCUT2D eigenvalue weighted by molar-refractivity contribution is -0.117. The van der Waals surface area contributed by atoms with E-state index in [0.29, 0.717) is 26.2 Å². The third-order valence-electron chi connectivity index (χ3n) is 3.02. The van der Waals surface area contributed by atoms with E-state index in [4.69, 9.17) is 15.2 Å². The second kappa shape index (κ2) is 7.23. The SMILES string of the molecule is NCc1cccc(NC(=O)CCOC2CCOC2)c1. The Kier molecular flexibility index (Phi) is 5.32. The van der Waals surface area contributed by atoms with Crippen LogP contribution in [0.4, 0.5) is 5.69 Å². The number of benzene rings is 1. The van der Waals surface area contributed by atoms with Gasteiger partial charge in [-0.1, -0.05) is 12.1 Å². The van der Waals surface area contributed by atoms with Crippen molar-refractivity contribution in [2.24, 2.45) is 5.73 Å². The van der Waals surface area contributed by atoms with Crippen LogP contribution < -0.4 is 11.1 Å². The molecule has 5 nitrogen and oxygen atoms in total. The van der Waals surface area contributed by atoms with Crippen LogP contribution in [-0.2, 0) is 20.8 Å². The lowest BCUT2D eigenvalue weighted by Gasteiger charge is -2.10. The summed E-state index contributed by atoms with van der Waals surface area (Å²) in [5.74, 6) is -0.0481. The van der Waals surface area contributed by atoms with Crippen molar-refractivity contribution in [3.8, 4) is 0 Å². The zero-order valence-electron chi connectivity index (χ0n) is 10.9. The zero-order valence-corrected chi connectivity index (χ0v) is 10.9. The van der Waals surface area contributed by atoms with E-state index in [1.54, 1.807) is 0 Å². The van der Waals surface area contributed by atoms with Crippen molar-refractivity contribution >= 4 is 11.6 Å². The number of hydrogen-bond donors (Lipinski definition) is 2. The van der Waals surface area contributed by atoms with E-state index >= 15 is 0 Å². The van der Waals surface area contributed by atoms with Crippen LogP contribution in [0.25, 0.3) is 0 Å². The van der Waals surface area contributed by atoms with Crippen LogP contribution >= 0.6 is 0 Å². The Hall–Kier alpha value is -1.43. The molecule has 3 N–H and O–H groups in total. The number of carbonyl (C=O) groups excluding carboxylic acids is 1. The molecule has 1 unspecified atom stereocenters. The van der Waals surface area contributed by atoms with Crippen LogP contribution in [0.5, 0.6) is 0 Å². The summed E-state index contributed by atoms with van der Waals surface area (Å²) in [7, 11) is 0. The van der Waals surface area contributed by atoms with E-state index < -0.39 is 0 Å². The molecule has 1 aromatic rings. The molecule has 5 heteroatoms. The van der Waals surface area contributed by atoms with Gasteiger partial charge in [-0.3, -0.25) is 4.79 Å². The molecule has 0 spiro atoms. The highest BCUT2D eigenvalue weighted by Crippen LogP contribution is 2.11. The monoisotopic (exact) mass is 264 g/mol. The maximum absolute atomic E-state index is 11.7. The fraction of sp³-hybridized carbons (Fsp3) is 0.500. The highest BCUT2D eigenvalue weighted by molar-refractivity contribution is 5.90. The van der Waals surface area contributed by atoms with E-state index in [2.05, 4.69) is 5.32 Å². The summed E-state index contributed by atoms with van der Waals surface area (Å²) < 4.78 is 10.7. The molecule has 0 bridgehead atoms. The summed E-state index contributed by atoms with van der Waals surface area (Å²) in [5, 5.41) is 2.84. The maximum Gasteiger partial charge on any atom is 0.226 e. The van der Waals surface area contributed by atoms with Gasteiger partial charge in [-0.25, -0.2) is 0 Å². The highest BCUT2D eigenvalue weighted by atomic mass is 16.5. The molecule has 1 aromatic carbocycles. The minimum absolute atomic E-state index is 0.0481. The molecule has 1 heterocycles. The first-order chi connectivity index (χ1) is 9.28. The fourth-order valence-corrected chi connectivity index (χ4v) is 1.96. The van der Waals surface area contributed by atoms with Gasteiger partial charge in [0.2, 0.25) is 5.91 Å². The first-order valence-corrected chi connectivity index (χ1v) is 6.56.